The quantitative estimate of drug-likeness (QED) is 0.689. The van der Waals surface area contributed by atoms with Crippen molar-refractivity contribution in [2.75, 3.05) is 14.2 Å². The van der Waals surface area contributed by atoms with Gasteiger partial charge in [-0.15, -0.1) is 0 Å². The summed E-state index contributed by atoms with van der Waals surface area (Å²) in [6.07, 6.45) is 2.37. The van der Waals surface area contributed by atoms with Gasteiger partial charge in [0.25, 0.3) is 0 Å². The summed E-state index contributed by atoms with van der Waals surface area (Å²) in [6.45, 7) is 0. The van der Waals surface area contributed by atoms with Crippen LogP contribution in [0.1, 0.15) is 27.9 Å². The maximum Gasteiger partial charge on any atom is 0.341 e. The topological polar surface area (TPSA) is 35.5 Å². The lowest BCUT2D eigenvalue weighted by molar-refractivity contribution is 0.0595. The van der Waals surface area contributed by atoms with Gasteiger partial charge in [-0.3, -0.25) is 0 Å². The summed E-state index contributed by atoms with van der Waals surface area (Å²) in [4.78, 5) is 12.0. The summed E-state index contributed by atoms with van der Waals surface area (Å²) in [6, 6.07) is 11.0. The Labute approximate surface area is 146 Å². The van der Waals surface area contributed by atoms with Crippen LogP contribution >= 0.6 is 23.2 Å². The molecule has 0 aromatic heterocycles. The average Bonchev–Trinajstić information content (AvgIpc) is 2.55. The van der Waals surface area contributed by atoms with Crippen LogP contribution in [0, 0.1) is 0 Å². The Balaban J connectivity index is 2.12. The van der Waals surface area contributed by atoms with E-state index in [9.17, 15) is 4.79 Å². The van der Waals surface area contributed by atoms with Gasteiger partial charge in [0.1, 0.15) is 11.3 Å². The van der Waals surface area contributed by atoms with Gasteiger partial charge in [0, 0.05) is 10.0 Å². The molecule has 0 fully saturated rings. The van der Waals surface area contributed by atoms with Gasteiger partial charge in [-0.1, -0.05) is 41.4 Å². The van der Waals surface area contributed by atoms with Crippen molar-refractivity contribution in [3.63, 3.8) is 0 Å². The van der Waals surface area contributed by atoms with Crippen LogP contribution in [0.15, 0.2) is 36.4 Å². The lowest BCUT2D eigenvalue weighted by Gasteiger charge is -2.12. The summed E-state index contributed by atoms with van der Waals surface area (Å²) in [5, 5.41) is 1.29. The molecule has 0 saturated heterocycles. The Kier molecular flexibility index (Phi) is 6.31. The van der Waals surface area contributed by atoms with Crippen LogP contribution in [0.2, 0.25) is 10.0 Å². The maximum absolute atomic E-state index is 12.0. The Morgan fingerprint density at radius 3 is 2.43 bits per heavy atom. The summed E-state index contributed by atoms with van der Waals surface area (Å²) < 4.78 is 10.1. The largest absolute Gasteiger partial charge is 0.496 e. The first-order chi connectivity index (χ1) is 11.1. The molecule has 0 amide bonds. The van der Waals surface area contributed by atoms with Gasteiger partial charge in [0.2, 0.25) is 0 Å². The molecule has 0 saturated carbocycles. The molecule has 0 radical (unpaired) electrons. The number of carbonyl (C=O) groups is 1. The number of carbonyl (C=O) groups excluding carboxylic acids is 1. The van der Waals surface area contributed by atoms with Crippen LogP contribution in [-0.4, -0.2) is 20.2 Å². The van der Waals surface area contributed by atoms with Crippen LogP contribution in [0.3, 0.4) is 0 Å². The van der Waals surface area contributed by atoms with E-state index < -0.39 is 0 Å². The van der Waals surface area contributed by atoms with Crippen LogP contribution in [0.5, 0.6) is 5.75 Å². The number of aryl methyl sites for hydroxylation is 2. The van der Waals surface area contributed by atoms with Crippen LogP contribution in [0.4, 0.5) is 0 Å². The summed E-state index contributed by atoms with van der Waals surface area (Å²) in [7, 11) is 2.91. The second-order valence-corrected chi connectivity index (χ2v) is 5.92. The Hall–Kier alpha value is -1.71. The van der Waals surface area contributed by atoms with E-state index in [-0.39, 0.29) is 5.97 Å². The van der Waals surface area contributed by atoms with Gasteiger partial charge in [-0.2, -0.15) is 0 Å². The third-order valence-corrected chi connectivity index (χ3v) is 4.22. The second kappa shape index (κ2) is 8.23. The summed E-state index contributed by atoms with van der Waals surface area (Å²) in [5.41, 5.74) is 2.43. The van der Waals surface area contributed by atoms with Gasteiger partial charge >= 0.3 is 5.97 Å². The Bertz CT molecular complexity index is 699. The zero-order chi connectivity index (χ0) is 16.8. The monoisotopic (exact) mass is 352 g/mol. The fourth-order valence-electron chi connectivity index (χ4n) is 2.48. The third-order valence-electron chi connectivity index (χ3n) is 3.63. The van der Waals surface area contributed by atoms with Crippen molar-refractivity contribution < 1.29 is 14.3 Å². The molecule has 0 bridgehead atoms. The van der Waals surface area contributed by atoms with Crippen molar-refractivity contribution in [1.29, 1.82) is 0 Å². The zero-order valence-electron chi connectivity index (χ0n) is 13.1. The maximum atomic E-state index is 12.0. The number of halogens is 2. The van der Waals surface area contributed by atoms with E-state index in [1.54, 1.807) is 19.2 Å². The molecule has 2 aromatic carbocycles. The van der Waals surface area contributed by atoms with Crippen molar-refractivity contribution in [2.24, 2.45) is 0 Å². The number of ether oxygens (including phenoxy) is 2. The van der Waals surface area contributed by atoms with Gasteiger partial charge in [-0.25, -0.2) is 4.79 Å². The van der Waals surface area contributed by atoms with E-state index >= 15 is 0 Å². The van der Waals surface area contributed by atoms with Crippen LogP contribution in [0.25, 0.3) is 0 Å². The van der Waals surface area contributed by atoms with Crippen LogP contribution < -0.4 is 4.74 Å². The van der Waals surface area contributed by atoms with E-state index in [1.807, 2.05) is 24.3 Å². The van der Waals surface area contributed by atoms with Crippen molar-refractivity contribution in [1.82, 2.24) is 0 Å². The number of methoxy groups -OCH3 is 2. The smallest absolute Gasteiger partial charge is 0.341 e. The molecule has 0 aliphatic rings. The van der Waals surface area contributed by atoms with Crippen molar-refractivity contribution in [3.8, 4) is 5.75 Å². The van der Waals surface area contributed by atoms with Crippen molar-refractivity contribution in [2.45, 2.75) is 19.3 Å². The molecular weight excluding hydrogens is 335 g/mol. The summed E-state index contributed by atoms with van der Waals surface area (Å²) >= 11 is 12.1. The lowest BCUT2D eigenvalue weighted by Crippen LogP contribution is -2.08. The summed E-state index contributed by atoms with van der Waals surface area (Å²) in [5.74, 6) is 0.140. The molecule has 0 unspecified atom stereocenters. The lowest BCUT2D eigenvalue weighted by atomic mass is 9.99. The molecule has 2 aromatic rings. The SMILES string of the molecule is COC(=O)c1c(CCCc2ccc(Cl)cc2Cl)cccc1OC. The normalized spacial score (nSPS) is 10.4. The number of hydrogen-bond donors (Lipinski definition) is 0. The molecule has 2 rings (SSSR count). The van der Waals surface area contributed by atoms with E-state index in [4.69, 9.17) is 32.7 Å². The first-order valence-corrected chi connectivity index (χ1v) is 8.00. The predicted octanol–water partition coefficient (Wildman–Crippen LogP) is 4.96. The fourth-order valence-corrected chi connectivity index (χ4v) is 2.99. The second-order valence-electron chi connectivity index (χ2n) is 5.08. The number of esters is 1. The zero-order valence-corrected chi connectivity index (χ0v) is 14.6. The number of hydrogen-bond acceptors (Lipinski definition) is 3. The van der Waals surface area contributed by atoms with Gasteiger partial charge in [-0.05, 0) is 48.6 Å². The van der Waals surface area contributed by atoms with Gasteiger partial charge in [0.15, 0.2) is 0 Å². The molecule has 0 atom stereocenters. The molecule has 0 aliphatic heterocycles. The van der Waals surface area contributed by atoms with E-state index in [1.165, 1.54) is 7.11 Å². The first kappa shape index (κ1) is 17.6. The molecule has 0 spiro atoms. The minimum Gasteiger partial charge on any atom is -0.496 e. The van der Waals surface area contributed by atoms with Gasteiger partial charge < -0.3 is 9.47 Å². The molecule has 122 valence electrons. The fraction of sp³-hybridized carbons (Fsp3) is 0.278. The van der Waals surface area contributed by atoms with Crippen molar-refractivity contribution >= 4 is 29.2 Å². The van der Waals surface area contributed by atoms with Crippen LogP contribution in [-0.2, 0) is 17.6 Å². The molecule has 0 heterocycles. The molecule has 3 nitrogen and oxygen atoms in total. The third kappa shape index (κ3) is 4.40. The minimum absolute atomic E-state index is 0.387. The molecule has 0 aliphatic carbocycles. The minimum atomic E-state index is -0.387. The predicted molar refractivity (Wildman–Crippen MR) is 92.8 cm³/mol. The van der Waals surface area contributed by atoms with Crippen molar-refractivity contribution in [3.05, 3.63) is 63.1 Å². The molecule has 23 heavy (non-hydrogen) atoms. The highest BCUT2D eigenvalue weighted by Crippen LogP contribution is 2.26. The molecular formula is C18H18Cl2O3. The van der Waals surface area contributed by atoms with E-state index in [0.717, 1.165) is 30.4 Å². The average molecular weight is 353 g/mol. The van der Waals surface area contributed by atoms with Gasteiger partial charge in [0.05, 0.1) is 14.2 Å². The standard InChI is InChI=1S/C18H18Cl2O3/c1-22-16-8-4-7-13(17(16)18(21)23-2)6-3-5-12-9-10-14(19)11-15(12)20/h4,7-11H,3,5-6H2,1-2H3. The molecule has 5 heteroatoms. The van der Waals surface area contributed by atoms with E-state index in [2.05, 4.69) is 0 Å². The number of benzene rings is 2. The Morgan fingerprint density at radius 1 is 1.04 bits per heavy atom. The Morgan fingerprint density at radius 2 is 1.78 bits per heavy atom. The molecule has 0 N–H and O–H groups in total. The first-order valence-electron chi connectivity index (χ1n) is 7.25. The number of rotatable bonds is 6. The highest BCUT2D eigenvalue weighted by atomic mass is 35.5. The highest BCUT2D eigenvalue weighted by Gasteiger charge is 2.17. The van der Waals surface area contributed by atoms with E-state index in [0.29, 0.717) is 21.4 Å². The highest BCUT2D eigenvalue weighted by molar-refractivity contribution is 6.35.